The topological polar surface area (TPSA) is 95.5 Å². The Labute approximate surface area is 115 Å². The van der Waals surface area contributed by atoms with Gasteiger partial charge in [-0.1, -0.05) is 18.2 Å². The van der Waals surface area contributed by atoms with Crippen molar-refractivity contribution in [1.82, 2.24) is 0 Å². The fourth-order valence-corrected chi connectivity index (χ4v) is 1.76. The first kappa shape index (κ1) is 14.4. The van der Waals surface area contributed by atoms with E-state index in [4.69, 9.17) is 10.4 Å². The molecule has 0 spiro atoms. The van der Waals surface area contributed by atoms with Crippen molar-refractivity contribution in [2.24, 2.45) is 0 Å². The van der Waals surface area contributed by atoms with Crippen LogP contribution in [0.25, 0.3) is 12.2 Å². The molecular weight excluding hydrogens is 260 g/mol. The smallest absolute Gasteiger partial charge is 0.171 e. The van der Waals surface area contributed by atoms with Gasteiger partial charge in [0.2, 0.25) is 0 Å². The molecule has 6 heteroatoms. The van der Waals surface area contributed by atoms with Gasteiger partial charge in [-0.05, 0) is 29.8 Å². The molecular formula is C14H14N2O4. The van der Waals surface area contributed by atoms with Crippen LogP contribution in [0.3, 0.4) is 0 Å². The van der Waals surface area contributed by atoms with Crippen LogP contribution in [-0.2, 0) is 0 Å². The number of rotatable bonds is 4. The first-order valence-corrected chi connectivity index (χ1v) is 5.91. The Morgan fingerprint density at radius 1 is 0.800 bits per heavy atom. The molecule has 2 aromatic rings. The minimum Gasteiger partial charge on any atom is -0.595 e. The van der Waals surface area contributed by atoms with Gasteiger partial charge in [0, 0.05) is 23.8 Å². The van der Waals surface area contributed by atoms with Gasteiger partial charge in [-0.25, -0.2) is 10.4 Å². The molecule has 6 nitrogen and oxygen atoms in total. The standard InChI is InChI=1S/C14H14N2O4/c17-15(18)13-9-6-11(7-10-13)5-8-12-3-1-2-4-14(12)16(19)20/h1-10,15-17,19H. The summed E-state index contributed by atoms with van der Waals surface area (Å²) in [6, 6.07) is 13.0. The zero-order chi connectivity index (χ0) is 14.5. The van der Waals surface area contributed by atoms with Crippen LogP contribution in [0, 0.1) is 10.4 Å². The molecule has 2 unspecified atom stereocenters. The number of quaternary nitrogens is 2. The van der Waals surface area contributed by atoms with Crippen molar-refractivity contribution in [1.29, 1.82) is 0 Å². The predicted octanol–water partition coefficient (Wildman–Crippen LogP) is 0.664. The van der Waals surface area contributed by atoms with Crippen molar-refractivity contribution in [2.75, 3.05) is 0 Å². The summed E-state index contributed by atoms with van der Waals surface area (Å²) in [5.74, 6) is 0. The molecule has 0 fully saturated rings. The third-order valence-electron chi connectivity index (χ3n) is 2.80. The van der Waals surface area contributed by atoms with Gasteiger partial charge >= 0.3 is 0 Å². The molecule has 0 amide bonds. The average molecular weight is 274 g/mol. The van der Waals surface area contributed by atoms with Gasteiger partial charge in [0.05, 0.1) is 0 Å². The van der Waals surface area contributed by atoms with Gasteiger partial charge in [-0.3, -0.25) is 0 Å². The zero-order valence-electron chi connectivity index (χ0n) is 10.5. The highest BCUT2D eigenvalue weighted by atomic mass is 16.8. The van der Waals surface area contributed by atoms with Crippen LogP contribution in [0.15, 0.2) is 48.5 Å². The van der Waals surface area contributed by atoms with Gasteiger partial charge in [0.15, 0.2) is 11.4 Å². The highest BCUT2D eigenvalue weighted by Crippen LogP contribution is 2.15. The van der Waals surface area contributed by atoms with Crippen LogP contribution in [0.4, 0.5) is 11.4 Å². The first-order chi connectivity index (χ1) is 9.58. The van der Waals surface area contributed by atoms with E-state index >= 15 is 0 Å². The number of nitrogens with one attached hydrogen (secondary N) is 2. The molecule has 0 aliphatic rings. The van der Waals surface area contributed by atoms with Gasteiger partial charge in [0.1, 0.15) is 0 Å². The van der Waals surface area contributed by atoms with Crippen molar-refractivity contribution in [3.05, 3.63) is 70.1 Å². The normalized spacial score (nSPS) is 14.4. The second kappa shape index (κ2) is 6.40. The molecule has 2 aromatic carbocycles. The van der Waals surface area contributed by atoms with Crippen molar-refractivity contribution in [2.45, 2.75) is 0 Å². The van der Waals surface area contributed by atoms with E-state index < -0.39 is 10.5 Å². The van der Waals surface area contributed by atoms with E-state index in [0.717, 1.165) is 5.56 Å². The van der Waals surface area contributed by atoms with Crippen LogP contribution in [0.2, 0.25) is 0 Å². The van der Waals surface area contributed by atoms with Crippen molar-refractivity contribution >= 4 is 23.5 Å². The molecule has 104 valence electrons. The number of hydrogen-bond acceptors (Lipinski definition) is 4. The molecule has 0 aliphatic heterocycles. The van der Waals surface area contributed by atoms with E-state index in [9.17, 15) is 10.4 Å². The third-order valence-corrected chi connectivity index (χ3v) is 2.80. The Bertz CT molecular complexity index is 594. The van der Waals surface area contributed by atoms with Gasteiger partial charge in [0.25, 0.3) is 0 Å². The average Bonchev–Trinajstić information content (AvgIpc) is 2.45. The van der Waals surface area contributed by atoms with Gasteiger partial charge in [-0.15, -0.1) is 0 Å². The van der Waals surface area contributed by atoms with E-state index in [1.165, 1.54) is 18.2 Å². The molecule has 0 aromatic heterocycles. The Morgan fingerprint density at radius 3 is 2.05 bits per heavy atom. The summed E-state index contributed by atoms with van der Waals surface area (Å²) < 4.78 is 0. The summed E-state index contributed by atoms with van der Waals surface area (Å²) in [4.78, 5) is 0. The molecule has 0 bridgehead atoms. The van der Waals surface area contributed by atoms with Crippen LogP contribution >= 0.6 is 0 Å². The lowest BCUT2D eigenvalue weighted by molar-refractivity contribution is -0.991. The van der Waals surface area contributed by atoms with Crippen molar-refractivity contribution < 1.29 is 20.9 Å². The van der Waals surface area contributed by atoms with Crippen LogP contribution in [0.5, 0.6) is 0 Å². The highest BCUT2D eigenvalue weighted by molar-refractivity contribution is 5.74. The SMILES string of the molecule is [O-][NH+](O)c1ccc(C=Cc2ccccc2[NH+]([O-])O)cc1. The minimum atomic E-state index is -0.980. The lowest BCUT2D eigenvalue weighted by Crippen LogP contribution is -2.99. The molecule has 4 N–H and O–H groups in total. The number of benzene rings is 2. The van der Waals surface area contributed by atoms with Gasteiger partial charge in [-0.2, -0.15) is 10.5 Å². The van der Waals surface area contributed by atoms with Crippen LogP contribution in [-0.4, -0.2) is 10.4 Å². The summed E-state index contributed by atoms with van der Waals surface area (Å²) in [6.45, 7) is 0. The lowest BCUT2D eigenvalue weighted by atomic mass is 10.1. The fraction of sp³-hybridized carbons (Fsp3) is 0. The van der Waals surface area contributed by atoms with Gasteiger partial charge < -0.3 is 10.4 Å². The monoisotopic (exact) mass is 274 g/mol. The third kappa shape index (κ3) is 3.49. The summed E-state index contributed by atoms with van der Waals surface area (Å²) >= 11 is 0. The van der Waals surface area contributed by atoms with Crippen molar-refractivity contribution in [3.63, 3.8) is 0 Å². The molecule has 2 atom stereocenters. The largest absolute Gasteiger partial charge is 0.595 e. The fourth-order valence-electron chi connectivity index (χ4n) is 1.76. The molecule has 0 aliphatic carbocycles. The molecule has 0 saturated carbocycles. The van der Waals surface area contributed by atoms with E-state index in [0.29, 0.717) is 5.56 Å². The van der Waals surface area contributed by atoms with Crippen LogP contribution < -0.4 is 10.5 Å². The van der Waals surface area contributed by atoms with E-state index in [1.54, 1.807) is 42.5 Å². The number of hydrogen-bond donors (Lipinski definition) is 4. The molecule has 2 rings (SSSR count). The number of para-hydroxylation sites is 1. The quantitative estimate of drug-likeness (QED) is 0.486. The Balaban J connectivity index is 2.21. The Morgan fingerprint density at radius 2 is 1.45 bits per heavy atom. The summed E-state index contributed by atoms with van der Waals surface area (Å²) in [5, 5.41) is 37.7. The highest BCUT2D eigenvalue weighted by Gasteiger charge is 2.04. The minimum absolute atomic E-state index is 0.216. The van der Waals surface area contributed by atoms with E-state index in [2.05, 4.69) is 0 Å². The summed E-state index contributed by atoms with van der Waals surface area (Å²) in [6.07, 6.45) is 3.44. The first-order valence-electron chi connectivity index (χ1n) is 5.91. The maximum absolute atomic E-state index is 11.1. The predicted molar refractivity (Wildman–Crippen MR) is 73.4 cm³/mol. The summed E-state index contributed by atoms with van der Waals surface area (Å²) in [5.41, 5.74) is 1.84. The molecule has 0 heterocycles. The molecule has 0 radical (unpaired) electrons. The maximum atomic E-state index is 11.1. The van der Waals surface area contributed by atoms with Crippen LogP contribution in [0.1, 0.15) is 11.1 Å². The van der Waals surface area contributed by atoms with Crippen molar-refractivity contribution in [3.8, 4) is 0 Å². The second-order valence-electron chi connectivity index (χ2n) is 4.15. The Kier molecular flexibility index (Phi) is 4.59. The lowest BCUT2D eigenvalue weighted by Gasteiger charge is -2.13. The van der Waals surface area contributed by atoms with E-state index in [1.807, 2.05) is 0 Å². The Hall–Kier alpha value is -2.06. The zero-order valence-corrected chi connectivity index (χ0v) is 10.5. The maximum Gasteiger partial charge on any atom is 0.171 e. The van der Waals surface area contributed by atoms with E-state index in [-0.39, 0.29) is 11.4 Å². The molecule has 0 saturated heterocycles. The second-order valence-corrected chi connectivity index (χ2v) is 4.15. The molecule has 20 heavy (non-hydrogen) atoms. The summed E-state index contributed by atoms with van der Waals surface area (Å²) in [7, 11) is 0.